The minimum atomic E-state index is -0.384. The van der Waals surface area contributed by atoms with E-state index in [0.29, 0.717) is 24.5 Å². The summed E-state index contributed by atoms with van der Waals surface area (Å²) in [5, 5.41) is -0.532. The Morgan fingerprint density at radius 2 is 2.00 bits per heavy atom. The first-order chi connectivity index (χ1) is 10.6. The quantitative estimate of drug-likeness (QED) is 0.772. The van der Waals surface area contributed by atoms with Crippen LogP contribution >= 0.6 is 11.8 Å². The highest BCUT2D eigenvalue weighted by Crippen LogP contribution is 2.33. The maximum absolute atomic E-state index is 12.4. The van der Waals surface area contributed by atoms with E-state index in [2.05, 4.69) is 0 Å². The SMILES string of the molecule is CCCCN1C(=O)S[C@H](Cc2cc(OC)ccc2OC)C1=O. The molecule has 0 saturated carbocycles. The van der Waals surface area contributed by atoms with Crippen LogP contribution in [0, 0.1) is 0 Å². The van der Waals surface area contributed by atoms with Gasteiger partial charge in [-0.2, -0.15) is 0 Å². The number of imide groups is 1. The maximum Gasteiger partial charge on any atom is 0.289 e. The third-order valence-corrected chi connectivity index (χ3v) is 4.71. The second-order valence-corrected chi connectivity index (χ2v) is 6.25. The Bertz CT molecular complexity index is 561. The van der Waals surface area contributed by atoms with E-state index < -0.39 is 0 Å². The molecule has 1 aliphatic rings. The highest BCUT2D eigenvalue weighted by molar-refractivity contribution is 8.15. The van der Waals surface area contributed by atoms with Crippen molar-refractivity contribution in [2.24, 2.45) is 0 Å². The highest BCUT2D eigenvalue weighted by Gasteiger charge is 2.39. The van der Waals surface area contributed by atoms with Gasteiger partial charge >= 0.3 is 0 Å². The lowest BCUT2D eigenvalue weighted by atomic mass is 10.1. The Morgan fingerprint density at radius 3 is 2.64 bits per heavy atom. The van der Waals surface area contributed by atoms with Crippen LogP contribution in [0.5, 0.6) is 11.5 Å². The first-order valence-corrected chi connectivity index (χ1v) is 8.21. The van der Waals surface area contributed by atoms with Gasteiger partial charge in [0.05, 0.1) is 19.5 Å². The van der Waals surface area contributed by atoms with Crippen molar-refractivity contribution >= 4 is 22.9 Å². The van der Waals surface area contributed by atoms with Crippen molar-refractivity contribution in [3.63, 3.8) is 0 Å². The monoisotopic (exact) mass is 323 g/mol. The zero-order chi connectivity index (χ0) is 16.1. The number of benzene rings is 1. The lowest BCUT2D eigenvalue weighted by Gasteiger charge is -2.14. The zero-order valence-corrected chi connectivity index (χ0v) is 13.9. The molecule has 120 valence electrons. The molecule has 2 amide bonds. The normalized spacial score (nSPS) is 18.0. The first-order valence-electron chi connectivity index (χ1n) is 7.33. The molecule has 1 atom stereocenters. The van der Waals surface area contributed by atoms with Gasteiger partial charge in [-0.1, -0.05) is 25.1 Å². The molecule has 1 saturated heterocycles. The molecule has 0 unspecified atom stereocenters. The highest BCUT2D eigenvalue weighted by atomic mass is 32.2. The number of rotatable bonds is 7. The summed E-state index contributed by atoms with van der Waals surface area (Å²) in [5.74, 6) is 1.31. The van der Waals surface area contributed by atoms with Gasteiger partial charge < -0.3 is 9.47 Å². The predicted octanol–water partition coefficient (Wildman–Crippen LogP) is 3.11. The van der Waals surface area contributed by atoms with Crippen LogP contribution in [-0.2, 0) is 11.2 Å². The lowest BCUT2D eigenvalue weighted by Crippen LogP contribution is -2.33. The number of thioether (sulfide) groups is 1. The summed E-state index contributed by atoms with van der Waals surface area (Å²) in [6, 6.07) is 5.48. The Hall–Kier alpha value is -1.69. The summed E-state index contributed by atoms with van der Waals surface area (Å²) < 4.78 is 10.6. The fourth-order valence-corrected chi connectivity index (χ4v) is 3.43. The Balaban J connectivity index is 2.14. The molecule has 0 aromatic heterocycles. The topological polar surface area (TPSA) is 55.8 Å². The van der Waals surface area contributed by atoms with E-state index in [1.165, 1.54) is 4.90 Å². The third kappa shape index (κ3) is 3.55. The summed E-state index contributed by atoms with van der Waals surface area (Å²) in [4.78, 5) is 25.7. The van der Waals surface area contributed by atoms with E-state index in [-0.39, 0.29) is 16.4 Å². The average Bonchev–Trinajstić information content (AvgIpc) is 2.79. The zero-order valence-electron chi connectivity index (χ0n) is 13.1. The minimum absolute atomic E-state index is 0.103. The second-order valence-electron chi connectivity index (χ2n) is 5.10. The number of hydrogen-bond donors (Lipinski definition) is 0. The second kappa shape index (κ2) is 7.54. The van der Waals surface area contributed by atoms with Gasteiger partial charge in [0.2, 0.25) is 5.91 Å². The molecule has 1 fully saturated rings. The smallest absolute Gasteiger partial charge is 0.289 e. The van der Waals surface area contributed by atoms with E-state index in [0.717, 1.165) is 30.2 Å². The number of nitrogens with zero attached hydrogens (tertiary/aromatic N) is 1. The fourth-order valence-electron chi connectivity index (χ4n) is 2.39. The lowest BCUT2D eigenvalue weighted by molar-refractivity contribution is -0.126. The first kappa shape index (κ1) is 16.7. The van der Waals surface area contributed by atoms with E-state index >= 15 is 0 Å². The Labute approximate surface area is 135 Å². The molecule has 0 bridgehead atoms. The van der Waals surface area contributed by atoms with Crippen LogP contribution < -0.4 is 9.47 Å². The van der Waals surface area contributed by atoms with Crippen molar-refractivity contribution in [3.8, 4) is 11.5 Å². The van der Waals surface area contributed by atoms with Gasteiger partial charge in [0.25, 0.3) is 5.24 Å². The van der Waals surface area contributed by atoms with Gasteiger partial charge in [-0.25, -0.2) is 0 Å². The molecular formula is C16H21NO4S. The Kier molecular flexibility index (Phi) is 5.71. The maximum atomic E-state index is 12.4. The molecule has 1 aliphatic heterocycles. The van der Waals surface area contributed by atoms with Crippen LogP contribution in [-0.4, -0.2) is 42.1 Å². The third-order valence-electron chi connectivity index (χ3n) is 3.63. The number of unbranched alkanes of at least 4 members (excludes halogenated alkanes) is 1. The molecule has 0 spiro atoms. The summed E-state index contributed by atoms with van der Waals surface area (Å²) in [6.45, 7) is 2.55. The molecule has 5 nitrogen and oxygen atoms in total. The van der Waals surface area contributed by atoms with Crippen molar-refractivity contribution in [2.75, 3.05) is 20.8 Å². The summed E-state index contributed by atoms with van der Waals surface area (Å²) >= 11 is 1.10. The van der Waals surface area contributed by atoms with Crippen LogP contribution in [0.1, 0.15) is 25.3 Å². The van der Waals surface area contributed by atoms with Gasteiger partial charge in [-0.3, -0.25) is 14.5 Å². The molecule has 1 aromatic carbocycles. The standard InChI is InChI=1S/C16H21NO4S/c1-4-5-8-17-15(18)14(22-16(17)19)10-11-9-12(20-2)6-7-13(11)21-3/h6-7,9,14H,4-5,8,10H2,1-3H3/t14-/m1/s1. The summed E-state index contributed by atoms with van der Waals surface area (Å²) in [6.07, 6.45) is 2.25. The number of hydrogen-bond acceptors (Lipinski definition) is 5. The molecule has 0 aliphatic carbocycles. The number of ether oxygens (including phenoxy) is 2. The molecule has 1 aromatic rings. The van der Waals surface area contributed by atoms with Crippen molar-refractivity contribution in [1.82, 2.24) is 4.90 Å². The number of carbonyl (C=O) groups excluding carboxylic acids is 2. The van der Waals surface area contributed by atoms with E-state index in [9.17, 15) is 9.59 Å². The minimum Gasteiger partial charge on any atom is -0.497 e. The average molecular weight is 323 g/mol. The van der Waals surface area contributed by atoms with Crippen LogP contribution in [0.25, 0.3) is 0 Å². The van der Waals surface area contributed by atoms with Crippen LogP contribution in [0.2, 0.25) is 0 Å². The largest absolute Gasteiger partial charge is 0.497 e. The molecule has 0 radical (unpaired) electrons. The van der Waals surface area contributed by atoms with Crippen LogP contribution in [0.15, 0.2) is 18.2 Å². The number of carbonyl (C=O) groups is 2. The van der Waals surface area contributed by atoms with Crippen LogP contribution in [0.4, 0.5) is 4.79 Å². The van der Waals surface area contributed by atoms with Crippen molar-refractivity contribution in [2.45, 2.75) is 31.4 Å². The summed E-state index contributed by atoms with van der Waals surface area (Å²) in [7, 11) is 3.19. The predicted molar refractivity (Wildman–Crippen MR) is 86.6 cm³/mol. The molecule has 22 heavy (non-hydrogen) atoms. The van der Waals surface area contributed by atoms with E-state index in [1.54, 1.807) is 14.2 Å². The van der Waals surface area contributed by atoms with Crippen LogP contribution in [0.3, 0.4) is 0 Å². The van der Waals surface area contributed by atoms with E-state index in [4.69, 9.17) is 9.47 Å². The molecule has 1 heterocycles. The number of methoxy groups -OCH3 is 2. The van der Waals surface area contributed by atoms with Gasteiger partial charge in [0, 0.05) is 6.54 Å². The molecule has 6 heteroatoms. The van der Waals surface area contributed by atoms with Gasteiger partial charge in [0.1, 0.15) is 11.5 Å². The van der Waals surface area contributed by atoms with Gasteiger partial charge in [-0.05, 0) is 36.6 Å². The van der Waals surface area contributed by atoms with E-state index in [1.807, 2.05) is 25.1 Å². The Morgan fingerprint density at radius 1 is 1.23 bits per heavy atom. The van der Waals surface area contributed by atoms with Gasteiger partial charge in [0.15, 0.2) is 0 Å². The van der Waals surface area contributed by atoms with Crippen molar-refractivity contribution < 1.29 is 19.1 Å². The summed E-state index contributed by atoms with van der Waals surface area (Å²) in [5.41, 5.74) is 0.873. The van der Waals surface area contributed by atoms with Crippen molar-refractivity contribution in [1.29, 1.82) is 0 Å². The molecular weight excluding hydrogens is 302 g/mol. The van der Waals surface area contributed by atoms with Gasteiger partial charge in [-0.15, -0.1) is 0 Å². The van der Waals surface area contributed by atoms with Crippen molar-refractivity contribution in [3.05, 3.63) is 23.8 Å². The molecule has 0 N–H and O–H groups in total. The molecule has 2 rings (SSSR count). The number of amides is 2. The fraction of sp³-hybridized carbons (Fsp3) is 0.500.